The summed E-state index contributed by atoms with van der Waals surface area (Å²) in [5.41, 5.74) is 2.84. The van der Waals surface area contributed by atoms with E-state index in [4.69, 9.17) is 14.2 Å². The zero-order valence-corrected chi connectivity index (χ0v) is 16.6. The van der Waals surface area contributed by atoms with Gasteiger partial charge in [0.05, 0.1) is 18.4 Å². The number of anilines is 1. The van der Waals surface area contributed by atoms with Gasteiger partial charge in [-0.25, -0.2) is 0 Å². The molecular weight excluding hydrogens is 384 g/mol. The summed E-state index contributed by atoms with van der Waals surface area (Å²) in [6.07, 6.45) is 1.79. The highest BCUT2D eigenvalue weighted by atomic mass is 16.7. The number of hydrogen-bond acceptors (Lipinski definition) is 5. The first kappa shape index (κ1) is 18.5. The molecule has 7 heteroatoms. The van der Waals surface area contributed by atoms with E-state index in [1.165, 1.54) is 0 Å². The summed E-state index contributed by atoms with van der Waals surface area (Å²) in [4.78, 5) is 28.0. The third-order valence-electron chi connectivity index (χ3n) is 5.68. The molecule has 156 valence electrons. The minimum absolute atomic E-state index is 0. The molecular formula is C23H24N2O5. The van der Waals surface area contributed by atoms with Crippen molar-refractivity contribution in [3.05, 3.63) is 53.7 Å². The maximum absolute atomic E-state index is 13.1. The lowest BCUT2D eigenvalue weighted by Gasteiger charge is -2.16. The van der Waals surface area contributed by atoms with Gasteiger partial charge in [-0.1, -0.05) is 6.07 Å². The van der Waals surface area contributed by atoms with Crippen LogP contribution in [0.15, 0.2) is 42.5 Å². The van der Waals surface area contributed by atoms with Crippen LogP contribution in [0, 0.1) is 0 Å². The quantitative estimate of drug-likeness (QED) is 0.604. The number of rotatable bonds is 6. The Morgan fingerprint density at radius 2 is 1.97 bits per heavy atom. The van der Waals surface area contributed by atoms with Gasteiger partial charge in [-0.3, -0.25) is 9.59 Å². The summed E-state index contributed by atoms with van der Waals surface area (Å²) >= 11 is 0. The Kier molecular flexibility index (Phi) is 4.38. The molecule has 2 N–H and O–H groups in total. The van der Waals surface area contributed by atoms with E-state index >= 15 is 0 Å². The molecule has 1 saturated carbocycles. The molecule has 1 aliphatic heterocycles. The van der Waals surface area contributed by atoms with E-state index in [9.17, 15) is 9.59 Å². The Balaban J connectivity index is 0.00000231. The molecule has 0 saturated heterocycles. The van der Waals surface area contributed by atoms with Gasteiger partial charge in [0.1, 0.15) is 0 Å². The van der Waals surface area contributed by atoms with Crippen molar-refractivity contribution in [2.75, 3.05) is 18.7 Å². The molecule has 1 aliphatic carbocycles. The van der Waals surface area contributed by atoms with Gasteiger partial charge < -0.3 is 24.5 Å². The number of ether oxygens (including phenoxy) is 3. The third kappa shape index (κ3) is 3.26. The molecule has 0 spiro atoms. The van der Waals surface area contributed by atoms with Crippen molar-refractivity contribution in [2.45, 2.75) is 31.6 Å². The largest absolute Gasteiger partial charge is 0.466 e. The Hall–Kier alpha value is -3.48. The van der Waals surface area contributed by atoms with Gasteiger partial charge in [-0.15, -0.1) is 0 Å². The molecule has 7 nitrogen and oxygen atoms in total. The minimum Gasteiger partial charge on any atom is -0.466 e. The number of aromatic amines is 1. The van der Waals surface area contributed by atoms with Crippen LogP contribution in [0.5, 0.6) is 11.5 Å². The predicted molar refractivity (Wildman–Crippen MR) is 113 cm³/mol. The monoisotopic (exact) mass is 408 g/mol. The molecule has 2 heterocycles. The van der Waals surface area contributed by atoms with E-state index in [-0.39, 0.29) is 26.5 Å². The van der Waals surface area contributed by atoms with E-state index in [1.54, 1.807) is 6.92 Å². The van der Waals surface area contributed by atoms with Crippen LogP contribution in [0.2, 0.25) is 0 Å². The van der Waals surface area contributed by atoms with E-state index in [0.717, 1.165) is 40.7 Å². The van der Waals surface area contributed by atoms with E-state index in [1.807, 2.05) is 42.5 Å². The smallest absolute Gasteiger partial charge is 0.311 e. The van der Waals surface area contributed by atoms with Crippen molar-refractivity contribution in [3.63, 3.8) is 0 Å². The second kappa shape index (κ2) is 7.09. The summed E-state index contributed by atoms with van der Waals surface area (Å²) in [7, 11) is 0. The predicted octanol–water partition coefficient (Wildman–Crippen LogP) is 3.92. The first-order valence-corrected chi connectivity index (χ1v) is 10.1. The fraction of sp³-hybridized carbons (Fsp3) is 0.304. The van der Waals surface area contributed by atoms with Gasteiger partial charge in [-0.2, -0.15) is 0 Å². The molecule has 3 aromatic rings. The van der Waals surface area contributed by atoms with Crippen LogP contribution in [0.3, 0.4) is 0 Å². The highest BCUT2D eigenvalue weighted by Gasteiger charge is 2.51. The molecule has 0 atom stereocenters. The van der Waals surface area contributed by atoms with Crippen LogP contribution in [-0.4, -0.2) is 30.3 Å². The number of amides is 1. The highest BCUT2D eigenvalue weighted by Crippen LogP contribution is 2.51. The van der Waals surface area contributed by atoms with Crippen LogP contribution in [0.1, 0.15) is 32.4 Å². The maximum Gasteiger partial charge on any atom is 0.311 e. The van der Waals surface area contributed by atoms with Crippen LogP contribution in [0.4, 0.5) is 5.69 Å². The van der Waals surface area contributed by atoms with Gasteiger partial charge in [0.25, 0.3) is 0 Å². The number of benzene rings is 2. The molecule has 30 heavy (non-hydrogen) atoms. The summed E-state index contributed by atoms with van der Waals surface area (Å²) in [5, 5.41) is 3.99. The topological polar surface area (TPSA) is 89.7 Å². The van der Waals surface area contributed by atoms with Crippen LogP contribution in [0.25, 0.3) is 10.9 Å². The van der Waals surface area contributed by atoms with Crippen molar-refractivity contribution < 1.29 is 25.2 Å². The minimum atomic E-state index is -0.525. The molecule has 1 fully saturated rings. The highest BCUT2D eigenvalue weighted by molar-refractivity contribution is 6.02. The fourth-order valence-electron chi connectivity index (χ4n) is 3.95. The molecule has 0 radical (unpaired) electrons. The number of carbonyl (C=O) groups excluding carboxylic acids is 2. The van der Waals surface area contributed by atoms with Gasteiger partial charge in [-0.05, 0) is 61.7 Å². The average molecular weight is 408 g/mol. The molecule has 2 aromatic carbocycles. The van der Waals surface area contributed by atoms with Crippen molar-refractivity contribution in [1.29, 1.82) is 0 Å². The standard InChI is InChI=1S/C23H22N2O5.H2/c1-2-28-21(26)12-17-10-14-9-16(4-5-18(14)24-17)25-22(27)23(7-8-23)15-3-6-19-20(11-15)30-13-29-19;/h3-6,9-11,24H,2,7-8,12-13H2,1H3,(H,25,27);1H. The first-order chi connectivity index (χ1) is 14.6. The second-order valence-electron chi connectivity index (χ2n) is 7.68. The molecule has 1 amide bonds. The summed E-state index contributed by atoms with van der Waals surface area (Å²) in [6, 6.07) is 13.3. The van der Waals surface area contributed by atoms with Crippen molar-refractivity contribution in [3.8, 4) is 11.5 Å². The maximum atomic E-state index is 13.1. The van der Waals surface area contributed by atoms with Gasteiger partial charge in [0.2, 0.25) is 12.7 Å². The van der Waals surface area contributed by atoms with Crippen molar-refractivity contribution in [2.24, 2.45) is 0 Å². The Morgan fingerprint density at radius 3 is 2.77 bits per heavy atom. The number of fused-ring (bicyclic) bond motifs is 2. The zero-order valence-electron chi connectivity index (χ0n) is 16.6. The van der Waals surface area contributed by atoms with Gasteiger partial charge >= 0.3 is 5.97 Å². The molecule has 2 aliphatic rings. The Bertz CT molecular complexity index is 1150. The number of hydrogen-bond donors (Lipinski definition) is 2. The Labute approximate surface area is 174 Å². The Morgan fingerprint density at radius 1 is 1.13 bits per heavy atom. The molecule has 5 rings (SSSR count). The molecule has 0 bridgehead atoms. The van der Waals surface area contributed by atoms with Crippen molar-refractivity contribution >= 4 is 28.5 Å². The zero-order chi connectivity index (χ0) is 20.7. The average Bonchev–Trinajstić information content (AvgIpc) is 3.24. The second-order valence-corrected chi connectivity index (χ2v) is 7.68. The lowest BCUT2D eigenvalue weighted by molar-refractivity contribution is -0.142. The van der Waals surface area contributed by atoms with Gasteiger partial charge in [0.15, 0.2) is 11.5 Å². The third-order valence-corrected chi connectivity index (χ3v) is 5.68. The summed E-state index contributed by atoms with van der Waals surface area (Å²) in [5.74, 6) is 1.11. The fourth-order valence-corrected chi connectivity index (χ4v) is 3.95. The number of H-pyrrole nitrogens is 1. The number of nitrogens with one attached hydrogen (secondary N) is 2. The number of aromatic nitrogens is 1. The van der Waals surface area contributed by atoms with Crippen LogP contribution in [-0.2, 0) is 26.2 Å². The lowest BCUT2D eigenvalue weighted by Crippen LogP contribution is -2.27. The number of esters is 1. The summed E-state index contributed by atoms with van der Waals surface area (Å²) < 4.78 is 15.8. The summed E-state index contributed by atoms with van der Waals surface area (Å²) in [6.45, 7) is 2.36. The van der Waals surface area contributed by atoms with E-state index in [2.05, 4.69) is 10.3 Å². The van der Waals surface area contributed by atoms with Crippen molar-refractivity contribution in [1.82, 2.24) is 4.98 Å². The lowest BCUT2D eigenvalue weighted by atomic mass is 9.94. The molecule has 1 aromatic heterocycles. The van der Waals surface area contributed by atoms with Crippen LogP contribution >= 0.6 is 0 Å². The van der Waals surface area contributed by atoms with E-state index in [0.29, 0.717) is 18.1 Å². The molecule has 0 unspecified atom stereocenters. The first-order valence-electron chi connectivity index (χ1n) is 10.1. The number of carbonyl (C=O) groups is 2. The van der Waals surface area contributed by atoms with Crippen LogP contribution < -0.4 is 14.8 Å². The SMILES string of the molecule is CCOC(=O)Cc1cc2cc(NC(=O)C3(c4ccc5c(c4)OCO5)CC3)ccc2[nH]1.[HH]. The normalized spacial score (nSPS) is 15.8. The van der Waals surface area contributed by atoms with Gasteiger partial charge in [0, 0.05) is 23.7 Å². The van der Waals surface area contributed by atoms with E-state index < -0.39 is 5.41 Å².